The van der Waals surface area contributed by atoms with Gasteiger partial charge in [-0.2, -0.15) is 0 Å². The number of amides is 1. The maximum Gasteiger partial charge on any atom is 0.253 e. The Bertz CT molecular complexity index is 662. The predicted octanol–water partition coefficient (Wildman–Crippen LogP) is 2.20. The van der Waals surface area contributed by atoms with Crippen LogP contribution in [-0.2, 0) is 13.0 Å². The van der Waals surface area contributed by atoms with E-state index in [1.54, 1.807) is 12.3 Å². The first-order chi connectivity index (χ1) is 10.6. The first-order valence-electron chi connectivity index (χ1n) is 7.80. The number of hydrogen-bond donors (Lipinski definition) is 1. The number of pyridine rings is 1. The molecule has 2 aromatic heterocycles. The van der Waals surface area contributed by atoms with Gasteiger partial charge in [-0.25, -0.2) is 0 Å². The van der Waals surface area contributed by atoms with Crippen molar-refractivity contribution in [1.82, 2.24) is 25.1 Å². The van der Waals surface area contributed by atoms with Crippen LogP contribution in [-0.4, -0.2) is 25.7 Å². The highest BCUT2D eigenvalue weighted by atomic mass is 16.1. The third-order valence-electron chi connectivity index (χ3n) is 4.05. The van der Waals surface area contributed by atoms with Crippen LogP contribution in [0.2, 0.25) is 0 Å². The van der Waals surface area contributed by atoms with Gasteiger partial charge in [0.2, 0.25) is 0 Å². The SMILES string of the molecule is Cc1ccc(C(=O)NC(C)c2nnc3n2CCCCC3)cn1. The Labute approximate surface area is 130 Å². The van der Waals surface area contributed by atoms with Gasteiger partial charge in [0.05, 0.1) is 11.6 Å². The molecule has 1 atom stereocenters. The molecule has 0 saturated heterocycles. The molecule has 1 aliphatic rings. The zero-order valence-corrected chi connectivity index (χ0v) is 13.0. The van der Waals surface area contributed by atoms with Crippen molar-refractivity contribution in [3.8, 4) is 0 Å². The smallest absolute Gasteiger partial charge is 0.253 e. The lowest BCUT2D eigenvalue weighted by atomic mass is 10.2. The standard InChI is InChI=1S/C16H21N5O/c1-11-7-8-13(10-17-11)16(22)18-12(2)15-20-19-14-6-4-3-5-9-21(14)15/h7-8,10,12H,3-6,9H2,1-2H3,(H,18,22). The van der Waals surface area contributed by atoms with E-state index in [9.17, 15) is 4.79 Å². The van der Waals surface area contributed by atoms with E-state index < -0.39 is 0 Å². The van der Waals surface area contributed by atoms with Crippen molar-refractivity contribution in [3.63, 3.8) is 0 Å². The largest absolute Gasteiger partial charge is 0.342 e. The van der Waals surface area contributed by atoms with E-state index in [2.05, 4.69) is 25.1 Å². The Kier molecular flexibility index (Phi) is 4.18. The molecule has 0 aromatic carbocycles. The molecule has 3 heterocycles. The number of nitrogens with zero attached hydrogens (tertiary/aromatic N) is 4. The van der Waals surface area contributed by atoms with Crippen molar-refractivity contribution in [3.05, 3.63) is 41.2 Å². The summed E-state index contributed by atoms with van der Waals surface area (Å²) in [4.78, 5) is 16.4. The minimum atomic E-state index is -0.173. The average molecular weight is 299 g/mol. The topological polar surface area (TPSA) is 72.7 Å². The molecule has 1 aliphatic heterocycles. The number of fused-ring (bicyclic) bond motifs is 1. The molecule has 0 radical (unpaired) electrons. The van der Waals surface area contributed by atoms with Gasteiger partial charge in [0, 0.05) is 24.9 Å². The molecule has 1 unspecified atom stereocenters. The van der Waals surface area contributed by atoms with Crippen LogP contribution in [0.3, 0.4) is 0 Å². The summed E-state index contributed by atoms with van der Waals surface area (Å²) in [6.45, 7) is 4.78. The molecule has 3 rings (SSSR count). The van der Waals surface area contributed by atoms with E-state index in [0.717, 1.165) is 43.1 Å². The Hall–Kier alpha value is -2.24. The maximum atomic E-state index is 12.3. The minimum Gasteiger partial charge on any atom is -0.342 e. The molecule has 1 amide bonds. The van der Waals surface area contributed by atoms with Gasteiger partial charge in [-0.15, -0.1) is 10.2 Å². The van der Waals surface area contributed by atoms with Gasteiger partial charge in [0.1, 0.15) is 5.82 Å². The number of carbonyl (C=O) groups excluding carboxylic acids is 1. The zero-order valence-electron chi connectivity index (χ0n) is 13.0. The highest BCUT2D eigenvalue weighted by molar-refractivity contribution is 5.94. The second-order valence-corrected chi connectivity index (χ2v) is 5.82. The van der Waals surface area contributed by atoms with Gasteiger partial charge in [-0.3, -0.25) is 9.78 Å². The van der Waals surface area contributed by atoms with E-state index in [0.29, 0.717) is 5.56 Å². The number of rotatable bonds is 3. The van der Waals surface area contributed by atoms with Gasteiger partial charge in [0.15, 0.2) is 5.82 Å². The summed E-state index contributed by atoms with van der Waals surface area (Å²) in [5.74, 6) is 1.74. The van der Waals surface area contributed by atoms with Crippen molar-refractivity contribution < 1.29 is 4.79 Å². The Balaban J connectivity index is 1.74. The van der Waals surface area contributed by atoms with E-state index >= 15 is 0 Å². The number of carbonyl (C=O) groups is 1. The molecule has 0 spiro atoms. The predicted molar refractivity (Wildman–Crippen MR) is 82.4 cm³/mol. The summed E-state index contributed by atoms with van der Waals surface area (Å²) >= 11 is 0. The molecule has 0 bridgehead atoms. The molecule has 6 heteroatoms. The molecule has 0 fully saturated rings. The van der Waals surface area contributed by atoms with Gasteiger partial charge in [-0.05, 0) is 38.8 Å². The molecular formula is C16H21N5O. The Morgan fingerprint density at radius 1 is 1.27 bits per heavy atom. The van der Waals surface area contributed by atoms with E-state index in [1.807, 2.05) is 19.9 Å². The van der Waals surface area contributed by atoms with E-state index in [4.69, 9.17) is 0 Å². The summed E-state index contributed by atoms with van der Waals surface area (Å²) in [6, 6.07) is 3.45. The van der Waals surface area contributed by atoms with Crippen molar-refractivity contribution in [2.75, 3.05) is 0 Å². The lowest BCUT2D eigenvalue weighted by Gasteiger charge is -2.15. The van der Waals surface area contributed by atoms with Crippen LogP contribution in [0.5, 0.6) is 0 Å². The molecule has 0 saturated carbocycles. The van der Waals surface area contributed by atoms with Crippen molar-refractivity contribution in [2.45, 2.75) is 52.1 Å². The minimum absolute atomic E-state index is 0.133. The Morgan fingerprint density at radius 3 is 2.91 bits per heavy atom. The monoisotopic (exact) mass is 299 g/mol. The van der Waals surface area contributed by atoms with Crippen LogP contribution in [0.15, 0.2) is 18.3 Å². The fourth-order valence-electron chi connectivity index (χ4n) is 2.77. The van der Waals surface area contributed by atoms with Crippen molar-refractivity contribution in [2.24, 2.45) is 0 Å². The third-order valence-corrected chi connectivity index (χ3v) is 4.05. The van der Waals surface area contributed by atoms with Crippen molar-refractivity contribution >= 4 is 5.91 Å². The summed E-state index contributed by atoms with van der Waals surface area (Å²) in [5.41, 5.74) is 1.46. The van der Waals surface area contributed by atoms with E-state index in [1.165, 1.54) is 6.42 Å². The number of nitrogens with one attached hydrogen (secondary N) is 1. The quantitative estimate of drug-likeness (QED) is 0.943. The van der Waals surface area contributed by atoms with Gasteiger partial charge < -0.3 is 9.88 Å². The van der Waals surface area contributed by atoms with Crippen molar-refractivity contribution in [1.29, 1.82) is 0 Å². The number of aromatic nitrogens is 4. The lowest BCUT2D eigenvalue weighted by molar-refractivity contribution is 0.0937. The highest BCUT2D eigenvalue weighted by Gasteiger charge is 2.21. The summed E-state index contributed by atoms with van der Waals surface area (Å²) in [5, 5.41) is 11.5. The first-order valence-corrected chi connectivity index (χ1v) is 7.80. The van der Waals surface area contributed by atoms with Crippen LogP contribution >= 0.6 is 0 Å². The summed E-state index contributed by atoms with van der Waals surface area (Å²) in [7, 11) is 0. The highest BCUT2D eigenvalue weighted by Crippen LogP contribution is 2.18. The van der Waals surface area contributed by atoms with Crippen LogP contribution in [0, 0.1) is 6.92 Å². The van der Waals surface area contributed by atoms with Crippen LogP contribution in [0.4, 0.5) is 0 Å². The summed E-state index contributed by atoms with van der Waals surface area (Å²) < 4.78 is 2.16. The zero-order chi connectivity index (χ0) is 15.5. The molecule has 2 aromatic rings. The fraction of sp³-hybridized carbons (Fsp3) is 0.500. The van der Waals surface area contributed by atoms with Gasteiger partial charge >= 0.3 is 0 Å². The lowest BCUT2D eigenvalue weighted by Crippen LogP contribution is -2.29. The van der Waals surface area contributed by atoms with Crippen LogP contribution in [0.25, 0.3) is 0 Å². The maximum absolute atomic E-state index is 12.3. The molecule has 116 valence electrons. The third kappa shape index (κ3) is 3.00. The fourth-order valence-corrected chi connectivity index (χ4v) is 2.77. The summed E-state index contributed by atoms with van der Waals surface area (Å²) in [6.07, 6.45) is 6.09. The molecule has 6 nitrogen and oxygen atoms in total. The second kappa shape index (κ2) is 6.25. The van der Waals surface area contributed by atoms with Gasteiger partial charge in [0.25, 0.3) is 5.91 Å². The number of aryl methyl sites for hydroxylation is 2. The molecular weight excluding hydrogens is 278 g/mol. The molecule has 22 heavy (non-hydrogen) atoms. The Morgan fingerprint density at radius 2 is 2.14 bits per heavy atom. The number of hydrogen-bond acceptors (Lipinski definition) is 4. The second-order valence-electron chi connectivity index (χ2n) is 5.82. The van der Waals surface area contributed by atoms with Gasteiger partial charge in [-0.1, -0.05) is 6.42 Å². The van der Waals surface area contributed by atoms with Crippen LogP contribution in [0.1, 0.15) is 59.9 Å². The van der Waals surface area contributed by atoms with E-state index in [-0.39, 0.29) is 11.9 Å². The normalized spacial score (nSPS) is 15.7. The molecule has 1 N–H and O–H groups in total. The molecule has 0 aliphatic carbocycles. The average Bonchev–Trinajstić information content (AvgIpc) is 2.77. The first kappa shape index (κ1) is 14.7. The van der Waals surface area contributed by atoms with Crippen LogP contribution < -0.4 is 5.32 Å².